The minimum atomic E-state index is -3.79. The predicted octanol–water partition coefficient (Wildman–Crippen LogP) is 1.81. The quantitative estimate of drug-likeness (QED) is 0.742. The van der Waals surface area contributed by atoms with Gasteiger partial charge in [-0.1, -0.05) is 23.8 Å². The number of aryl methyl sites for hydroxylation is 1. The standard InChI is InChI=1S/C11H11ClN4O2S2/c1-6-10(5-14-15-6)20(17,18)16-9-4-7(12)2-3-8(9)11(13)19/h2-5,16H,1H3,(H2,13,19)(H,14,15). The fourth-order valence-electron chi connectivity index (χ4n) is 1.63. The summed E-state index contributed by atoms with van der Waals surface area (Å²) in [6.45, 7) is 1.61. The molecule has 4 N–H and O–H groups in total. The van der Waals surface area contributed by atoms with E-state index in [1.54, 1.807) is 19.1 Å². The lowest BCUT2D eigenvalue weighted by molar-refractivity contribution is 0.600. The van der Waals surface area contributed by atoms with Gasteiger partial charge in [-0.3, -0.25) is 9.82 Å². The molecule has 9 heteroatoms. The van der Waals surface area contributed by atoms with Gasteiger partial charge >= 0.3 is 0 Å². The molecule has 0 unspecified atom stereocenters. The Kier molecular flexibility index (Phi) is 3.98. The molecule has 1 aromatic heterocycles. The van der Waals surface area contributed by atoms with Crippen molar-refractivity contribution in [3.63, 3.8) is 0 Å². The third-order valence-corrected chi connectivity index (χ3v) is 4.50. The van der Waals surface area contributed by atoms with Crippen LogP contribution in [0.1, 0.15) is 11.3 Å². The number of thiocarbonyl (C=S) groups is 1. The van der Waals surface area contributed by atoms with E-state index in [1.807, 2.05) is 0 Å². The molecule has 1 heterocycles. The van der Waals surface area contributed by atoms with E-state index in [0.717, 1.165) is 0 Å². The maximum Gasteiger partial charge on any atom is 0.265 e. The van der Waals surface area contributed by atoms with Crippen molar-refractivity contribution < 1.29 is 8.42 Å². The van der Waals surface area contributed by atoms with Crippen LogP contribution in [0, 0.1) is 6.92 Å². The minimum Gasteiger partial charge on any atom is -0.389 e. The Balaban J connectivity index is 2.47. The van der Waals surface area contributed by atoms with E-state index in [4.69, 9.17) is 29.6 Å². The Labute approximate surface area is 126 Å². The Morgan fingerprint density at radius 1 is 1.50 bits per heavy atom. The lowest BCUT2D eigenvalue weighted by atomic mass is 10.2. The zero-order valence-electron chi connectivity index (χ0n) is 10.3. The van der Waals surface area contributed by atoms with Crippen LogP contribution in [0.3, 0.4) is 0 Å². The number of hydrogen-bond donors (Lipinski definition) is 3. The van der Waals surface area contributed by atoms with Gasteiger partial charge in [0.25, 0.3) is 10.0 Å². The van der Waals surface area contributed by atoms with Crippen LogP contribution < -0.4 is 10.5 Å². The Morgan fingerprint density at radius 3 is 2.75 bits per heavy atom. The zero-order valence-corrected chi connectivity index (χ0v) is 12.7. The number of rotatable bonds is 4. The summed E-state index contributed by atoms with van der Waals surface area (Å²) in [5.41, 5.74) is 6.62. The highest BCUT2D eigenvalue weighted by Crippen LogP contribution is 2.24. The summed E-state index contributed by atoms with van der Waals surface area (Å²) in [4.78, 5) is 0.120. The highest BCUT2D eigenvalue weighted by atomic mass is 35.5. The molecule has 20 heavy (non-hydrogen) atoms. The average Bonchev–Trinajstić information content (AvgIpc) is 2.75. The monoisotopic (exact) mass is 330 g/mol. The number of benzene rings is 1. The first-order chi connectivity index (χ1) is 9.31. The normalized spacial score (nSPS) is 11.3. The van der Waals surface area contributed by atoms with Gasteiger partial charge in [-0.05, 0) is 25.1 Å². The molecule has 0 aliphatic heterocycles. The highest BCUT2D eigenvalue weighted by Gasteiger charge is 2.20. The predicted molar refractivity (Wildman–Crippen MR) is 81.5 cm³/mol. The summed E-state index contributed by atoms with van der Waals surface area (Å²) >= 11 is 10.8. The van der Waals surface area contributed by atoms with E-state index in [-0.39, 0.29) is 15.6 Å². The Bertz CT molecular complexity index is 770. The van der Waals surface area contributed by atoms with Crippen LogP contribution >= 0.6 is 23.8 Å². The van der Waals surface area contributed by atoms with Crippen molar-refractivity contribution in [3.05, 3.63) is 40.7 Å². The van der Waals surface area contributed by atoms with Crippen molar-refractivity contribution in [3.8, 4) is 0 Å². The van der Waals surface area contributed by atoms with E-state index in [2.05, 4.69) is 14.9 Å². The maximum atomic E-state index is 12.3. The number of hydrogen-bond acceptors (Lipinski definition) is 4. The number of halogens is 1. The number of nitrogens with one attached hydrogen (secondary N) is 2. The molecule has 0 bridgehead atoms. The molecule has 1 aromatic carbocycles. The number of nitrogens with two attached hydrogens (primary N) is 1. The molecule has 0 atom stereocenters. The third kappa shape index (κ3) is 2.92. The lowest BCUT2D eigenvalue weighted by Crippen LogP contribution is -2.18. The molecule has 2 aromatic rings. The molecule has 0 saturated carbocycles. The molecule has 0 amide bonds. The molecular formula is C11H11ClN4O2S2. The SMILES string of the molecule is Cc1[nH]ncc1S(=O)(=O)Nc1cc(Cl)ccc1C(N)=S. The largest absolute Gasteiger partial charge is 0.389 e. The number of nitrogens with zero attached hydrogens (tertiary/aromatic N) is 1. The van der Waals surface area contributed by atoms with Crippen LogP contribution in [0.15, 0.2) is 29.3 Å². The first-order valence-corrected chi connectivity index (χ1v) is 7.70. The van der Waals surface area contributed by atoms with Gasteiger partial charge in [0.05, 0.1) is 17.6 Å². The van der Waals surface area contributed by atoms with E-state index in [0.29, 0.717) is 16.3 Å². The maximum absolute atomic E-state index is 12.3. The van der Waals surface area contributed by atoms with Crippen LogP contribution in [-0.2, 0) is 10.0 Å². The first kappa shape index (κ1) is 14.8. The number of anilines is 1. The van der Waals surface area contributed by atoms with E-state index < -0.39 is 10.0 Å². The van der Waals surface area contributed by atoms with Crippen LogP contribution in [0.2, 0.25) is 5.02 Å². The summed E-state index contributed by atoms with van der Waals surface area (Å²) in [5.74, 6) is 0. The van der Waals surface area contributed by atoms with Crippen molar-refractivity contribution in [2.45, 2.75) is 11.8 Å². The zero-order chi connectivity index (χ0) is 14.9. The second-order valence-electron chi connectivity index (χ2n) is 4.02. The van der Waals surface area contributed by atoms with Gasteiger partial charge in [-0.25, -0.2) is 8.42 Å². The van der Waals surface area contributed by atoms with E-state index >= 15 is 0 Å². The van der Waals surface area contributed by atoms with Crippen LogP contribution in [-0.4, -0.2) is 23.6 Å². The molecule has 106 valence electrons. The van der Waals surface area contributed by atoms with Gasteiger partial charge in [-0.2, -0.15) is 5.10 Å². The van der Waals surface area contributed by atoms with Gasteiger partial charge in [-0.15, -0.1) is 0 Å². The van der Waals surface area contributed by atoms with Crippen molar-refractivity contribution in [1.29, 1.82) is 0 Å². The number of sulfonamides is 1. The fraction of sp³-hybridized carbons (Fsp3) is 0.0909. The lowest BCUT2D eigenvalue weighted by Gasteiger charge is -2.11. The van der Waals surface area contributed by atoms with Crippen LogP contribution in [0.4, 0.5) is 5.69 Å². The second-order valence-corrected chi connectivity index (χ2v) is 6.55. The van der Waals surface area contributed by atoms with E-state index in [1.165, 1.54) is 12.3 Å². The van der Waals surface area contributed by atoms with Gasteiger partial charge in [0.15, 0.2) is 0 Å². The van der Waals surface area contributed by atoms with Crippen molar-refractivity contribution >= 4 is 44.5 Å². The average molecular weight is 331 g/mol. The van der Waals surface area contributed by atoms with E-state index in [9.17, 15) is 8.42 Å². The molecule has 0 fully saturated rings. The van der Waals surface area contributed by atoms with Crippen molar-refractivity contribution in [2.75, 3.05) is 4.72 Å². The molecule has 0 aliphatic rings. The fourth-order valence-corrected chi connectivity index (χ4v) is 3.18. The molecule has 0 radical (unpaired) electrons. The summed E-state index contributed by atoms with van der Waals surface area (Å²) < 4.78 is 27.0. The summed E-state index contributed by atoms with van der Waals surface area (Å²) in [6.07, 6.45) is 1.22. The molecule has 6 nitrogen and oxygen atoms in total. The summed E-state index contributed by atoms with van der Waals surface area (Å²) in [7, 11) is -3.79. The summed E-state index contributed by atoms with van der Waals surface area (Å²) in [6, 6.07) is 4.59. The van der Waals surface area contributed by atoms with Crippen molar-refractivity contribution in [1.82, 2.24) is 10.2 Å². The van der Waals surface area contributed by atoms with Gasteiger partial charge < -0.3 is 5.73 Å². The molecule has 0 saturated heterocycles. The molecule has 0 aliphatic carbocycles. The van der Waals surface area contributed by atoms with Gasteiger partial charge in [0.2, 0.25) is 0 Å². The van der Waals surface area contributed by atoms with Crippen LogP contribution in [0.25, 0.3) is 0 Å². The third-order valence-electron chi connectivity index (χ3n) is 2.56. The van der Waals surface area contributed by atoms with Gasteiger partial charge in [0, 0.05) is 10.6 Å². The van der Waals surface area contributed by atoms with Gasteiger partial charge in [0.1, 0.15) is 9.88 Å². The Hall–Kier alpha value is -1.64. The molecule has 2 rings (SSSR count). The summed E-state index contributed by atoms with van der Waals surface area (Å²) in [5, 5.41) is 6.61. The first-order valence-electron chi connectivity index (χ1n) is 5.43. The Morgan fingerprint density at radius 2 is 2.20 bits per heavy atom. The topological polar surface area (TPSA) is 101 Å². The number of aromatic nitrogens is 2. The van der Waals surface area contributed by atoms with Crippen LogP contribution in [0.5, 0.6) is 0 Å². The molecular weight excluding hydrogens is 320 g/mol. The number of aromatic amines is 1. The second kappa shape index (κ2) is 5.39. The minimum absolute atomic E-state index is 0.0476. The highest BCUT2D eigenvalue weighted by molar-refractivity contribution is 7.92. The molecule has 0 spiro atoms. The number of H-pyrrole nitrogens is 1. The smallest absolute Gasteiger partial charge is 0.265 e. The van der Waals surface area contributed by atoms with Crippen molar-refractivity contribution in [2.24, 2.45) is 5.73 Å².